The summed E-state index contributed by atoms with van der Waals surface area (Å²) in [7, 11) is 0. The van der Waals surface area contributed by atoms with Gasteiger partial charge in [-0.1, -0.05) is 0 Å². The van der Waals surface area contributed by atoms with Gasteiger partial charge in [-0.25, -0.2) is 0 Å². The van der Waals surface area contributed by atoms with Gasteiger partial charge in [-0.15, -0.1) is 0 Å². The van der Waals surface area contributed by atoms with E-state index < -0.39 is 80.5 Å². The number of amides is 1. The van der Waals surface area contributed by atoms with Crippen LogP contribution in [0.5, 0.6) is 0 Å². The Balaban J connectivity index is 2.21. The number of hydrogen-bond donors (Lipinski definition) is 8. The molecule has 2 fully saturated rings. The largest absolute Gasteiger partial charge is 0.394 e. The lowest BCUT2D eigenvalue weighted by Gasteiger charge is -2.46. The Hall–Kier alpha value is -0.930. The fraction of sp³-hybridized carbons (Fsp3) is 0.929. The van der Waals surface area contributed by atoms with E-state index in [0.717, 1.165) is 6.92 Å². The van der Waals surface area contributed by atoms with Gasteiger partial charge in [0.15, 0.2) is 12.6 Å². The van der Waals surface area contributed by atoms with Crippen LogP contribution in [-0.4, -0.2) is 116 Å². The zero-order valence-corrected chi connectivity index (χ0v) is 14.0. The molecule has 12 heteroatoms. The van der Waals surface area contributed by atoms with E-state index in [-0.39, 0.29) is 0 Å². The van der Waals surface area contributed by atoms with Crippen molar-refractivity contribution in [1.82, 2.24) is 5.32 Å². The minimum absolute atomic E-state index is 0.574. The van der Waals surface area contributed by atoms with E-state index in [1.165, 1.54) is 0 Å². The first-order valence-electron chi connectivity index (χ1n) is 8.06. The summed E-state index contributed by atoms with van der Waals surface area (Å²) in [5.41, 5.74) is 0. The maximum Gasteiger partial charge on any atom is 0.217 e. The van der Waals surface area contributed by atoms with Gasteiger partial charge in [0.05, 0.1) is 13.2 Å². The second-order valence-corrected chi connectivity index (χ2v) is 6.26. The van der Waals surface area contributed by atoms with Crippen molar-refractivity contribution in [1.29, 1.82) is 0 Å². The first kappa shape index (κ1) is 21.4. The molecule has 0 aliphatic carbocycles. The highest BCUT2D eigenvalue weighted by atomic mass is 16.7. The van der Waals surface area contributed by atoms with Crippen molar-refractivity contribution in [2.45, 2.75) is 68.3 Å². The van der Waals surface area contributed by atoms with Crippen molar-refractivity contribution >= 4 is 5.91 Å². The lowest BCUT2D eigenvalue weighted by molar-refractivity contribution is -0.341. The van der Waals surface area contributed by atoms with Crippen LogP contribution in [0, 0.1) is 0 Å². The van der Waals surface area contributed by atoms with Crippen molar-refractivity contribution in [3.63, 3.8) is 0 Å². The van der Waals surface area contributed by atoms with Gasteiger partial charge in [-0.2, -0.15) is 0 Å². The van der Waals surface area contributed by atoms with E-state index in [1.807, 2.05) is 0 Å². The molecule has 2 aliphatic rings. The highest BCUT2D eigenvalue weighted by Crippen LogP contribution is 2.28. The Kier molecular flexibility index (Phi) is 7.27. The summed E-state index contributed by atoms with van der Waals surface area (Å²) in [6.07, 6.45) is -13.7. The summed E-state index contributed by atoms with van der Waals surface area (Å²) >= 11 is 0. The molecule has 12 nitrogen and oxygen atoms in total. The third-order valence-corrected chi connectivity index (χ3v) is 4.38. The van der Waals surface area contributed by atoms with Crippen molar-refractivity contribution in [3.05, 3.63) is 0 Å². The molecule has 3 unspecified atom stereocenters. The van der Waals surface area contributed by atoms with Crippen LogP contribution in [0.2, 0.25) is 0 Å². The first-order valence-corrected chi connectivity index (χ1v) is 8.06. The smallest absolute Gasteiger partial charge is 0.217 e. The van der Waals surface area contributed by atoms with Gasteiger partial charge in [-0.05, 0) is 0 Å². The van der Waals surface area contributed by atoms with Gasteiger partial charge >= 0.3 is 0 Å². The maximum atomic E-state index is 11.4. The summed E-state index contributed by atoms with van der Waals surface area (Å²) in [6.45, 7) is -0.195. The van der Waals surface area contributed by atoms with E-state index >= 15 is 0 Å². The molecule has 2 heterocycles. The minimum Gasteiger partial charge on any atom is -0.394 e. The molecule has 0 saturated carbocycles. The van der Waals surface area contributed by atoms with Crippen molar-refractivity contribution in [2.75, 3.05) is 13.2 Å². The summed E-state index contributed by atoms with van der Waals surface area (Å²) < 4.78 is 15.7. The highest BCUT2D eigenvalue weighted by molar-refractivity contribution is 5.73. The van der Waals surface area contributed by atoms with Crippen molar-refractivity contribution in [3.8, 4) is 0 Å². The first-order chi connectivity index (χ1) is 12.2. The summed E-state index contributed by atoms with van der Waals surface area (Å²) in [5.74, 6) is -0.574. The Morgan fingerprint density at radius 1 is 0.923 bits per heavy atom. The number of carbonyl (C=O) groups excluding carboxylic acids is 1. The Labute approximate surface area is 148 Å². The number of hydrogen-bond acceptors (Lipinski definition) is 11. The zero-order valence-electron chi connectivity index (χ0n) is 14.0. The SMILES string of the molecule is CC(=O)N[C@H]1C(O[C@@H]2OC(CO)[C@H](O)[C@H](O)[C@H]2O)[C@H](O)C(CO)O[C@H]1O. The van der Waals surface area contributed by atoms with E-state index in [2.05, 4.69) is 5.32 Å². The standard InChI is InChI=1S/C14H25NO11/c1-4(18)15-7-12(9(20)6(3-17)24-13(7)23)26-14-11(22)10(21)8(19)5(2-16)25-14/h5-14,16-17,19-23H,2-3H2,1H3,(H,15,18)/t5?,6?,7-,8-,9+,10-,11+,12?,13+,14-/m0/s1. The fourth-order valence-corrected chi connectivity index (χ4v) is 2.97. The number of aliphatic hydroxyl groups excluding tert-OH is 7. The normalized spacial score (nSPS) is 46.8. The van der Waals surface area contributed by atoms with Crippen LogP contribution in [0.25, 0.3) is 0 Å². The number of ether oxygens (including phenoxy) is 3. The molecule has 10 atom stereocenters. The van der Waals surface area contributed by atoms with Gasteiger partial charge in [0.25, 0.3) is 0 Å². The average Bonchev–Trinajstić information content (AvgIpc) is 2.60. The monoisotopic (exact) mass is 383 g/mol. The van der Waals surface area contributed by atoms with Crippen LogP contribution in [0.15, 0.2) is 0 Å². The van der Waals surface area contributed by atoms with Gasteiger partial charge < -0.3 is 55.3 Å². The quantitative estimate of drug-likeness (QED) is 0.226. The van der Waals surface area contributed by atoms with Gasteiger partial charge in [0.1, 0.15) is 48.8 Å². The Bertz CT molecular complexity index is 478. The molecule has 0 aromatic heterocycles. The van der Waals surface area contributed by atoms with Crippen LogP contribution in [0.4, 0.5) is 0 Å². The number of carbonyl (C=O) groups is 1. The Morgan fingerprint density at radius 3 is 2.04 bits per heavy atom. The maximum absolute atomic E-state index is 11.4. The molecule has 2 aliphatic heterocycles. The van der Waals surface area contributed by atoms with Crippen LogP contribution in [0.3, 0.4) is 0 Å². The fourth-order valence-electron chi connectivity index (χ4n) is 2.97. The van der Waals surface area contributed by atoms with E-state index in [1.54, 1.807) is 0 Å². The van der Waals surface area contributed by atoms with Crippen LogP contribution >= 0.6 is 0 Å². The summed E-state index contributed by atoms with van der Waals surface area (Å²) in [6, 6.07) is -1.28. The van der Waals surface area contributed by atoms with Crippen LogP contribution < -0.4 is 5.32 Å². The molecular weight excluding hydrogens is 358 g/mol. The molecule has 26 heavy (non-hydrogen) atoms. The lowest BCUT2D eigenvalue weighted by atomic mass is 9.95. The number of rotatable bonds is 5. The summed E-state index contributed by atoms with van der Waals surface area (Å²) in [4.78, 5) is 11.4. The Morgan fingerprint density at radius 2 is 1.50 bits per heavy atom. The minimum atomic E-state index is -1.74. The molecule has 0 spiro atoms. The molecule has 0 aromatic rings. The second kappa shape index (κ2) is 8.84. The van der Waals surface area contributed by atoms with Crippen molar-refractivity contribution in [2.24, 2.45) is 0 Å². The zero-order chi connectivity index (χ0) is 19.6. The molecule has 2 rings (SSSR count). The van der Waals surface area contributed by atoms with Crippen molar-refractivity contribution < 1.29 is 54.8 Å². The molecule has 0 bridgehead atoms. The highest BCUT2D eigenvalue weighted by Gasteiger charge is 2.50. The molecule has 0 radical (unpaired) electrons. The lowest BCUT2D eigenvalue weighted by Crippen LogP contribution is -2.67. The van der Waals surface area contributed by atoms with E-state index in [0.29, 0.717) is 0 Å². The number of nitrogens with one attached hydrogen (secondary N) is 1. The third-order valence-electron chi connectivity index (χ3n) is 4.38. The second-order valence-electron chi connectivity index (χ2n) is 6.26. The molecular formula is C14H25NO11. The number of aliphatic hydroxyl groups is 7. The average molecular weight is 383 g/mol. The molecule has 0 aromatic carbocycles. The summed E-state index contributed by atoms with van der Waals surface area (Å²) in [5, 5.41) is 70.7. The van der Waals surface area contributed by atoms with Gasteiger partial charge in [0.2, 0.25) is 5.91 Å². The van der Waals surface area contributed by atoms with E-state index in [4.69, 9.17) is 14.2 Å². The van der Waals surface area contributed by atoms with Crippen LogP contribution in [-0.2, 0) is 19.0 Å². The third kappa shape index (κ3) is 4.31. The molecule has 1 amide bonds. The molecule has 152 valence electrons. The van der Waals surface area contributed by atoms with Gasteiger partial charge in [-0.3, -0.25) is 4.79 Å². The van der Waals surface area contributed by atoms with E-state index in [9.17, 15) is 40.5 Å². The predicted octanol–water partition coefficient (Wildman–Crippen LogP) is -5.25. The molecule has 8 N–H and O–H groups in total. The topological polar surface area (TPSA) is 198 Å². The van der Waals surface area contributed by atoms with Crippen LogP contribution in [0.1, 0.15) is 6.92 Å². The predicted molar refractivity (Wildman–Crippen MR) is 80.2 cm³/mol. The molecule has 2 saturated heterocycles. The van der Waals surface area contributed by atoms with Gasteiger partial charge in [0, 0.05) is 6.92 Å².